The largest absolute Gasteiger partial charge is 0.497 e. The number of piperidine rings is 1. The Hall–Kier alpha value is -3.10. The minimum absolute atomic E-state index is 0.0685. The summed E-state index contributed by atoms with van der Waals surface area (Å²) in [6.45, 7) is 2.21. The highest BCUT2D eigenvalue weighted by Crippen LogP contribution is 2.30. The molecule has 2 heterocycles. The molecule has 2 N–H and O–H groups in total. The molecule has 0 spiro atoms. The van der Waals surface area contributed by atoms with Gasteiger partial charge in [-0.05, 0) is 50.3 Å². The molecule has 2 saturated heterocycles. The van der Waals surface area contributed by atoms with Crippen molar-refractivity contribution in [2.45, 2.75) is 44.2 Å². The van der Waals surface area contributed by atoms with E-state index in [-0.39, 0.29) is 24.3 Å². The van der Waals surface area contributed by atoms with Crippen molar-refractivity contribution in [1.29, 1.82) is 0 Å². The number of benzene rings is 1. The summed E-state index contributed by atoms with van der Waals surface area (Å²) in [7, 11) is 1.55. The summed E-state index contributed by atoms with van der Waals surface area (Å²) in [5, 5.41) is 5.72. The third-order valence-electron chi connectivity index (χ3n) is 6.38. The predicted molar refractivity (Wildman–Crippen MR) is 111 cm³/mol. The topological polar surface area (TPSA) is 108 Å². The number of hydrogen-bond donors (Lipinski definition) is 2. The molecular weight excluding hydrogens is 400 g/mol. The lowest BCUT2D eigenvalue weighted by atomic mass is 9.92. The van der Waals surface area contributed by atoms with Crippen LogP contribution in [0.2, 0.25) is 0 Å². The van der Waals surface area contributed by atoms with Gasteiger partial charge in [-0.2, -0.15) is 0 Å². The molecule has 4 rings (SSSR count). The molecule has 5 amide bonds. The van der Waals surface area contributed by atoms with Gasteiger partial charge in [0.2, 0.25) is 11.8 Å². The molecule has 9 nitrogen and oxygen atoms in total. The molecule has 166 valence electrons. The molecule has 31 heavy (non-hydrogen) atoms. The lowest BCUT2D eigenvalue weighted by Crippen LogP contribution is -2.48. The third kappa shape index (κ3) is 4.22. The van der Waals surface area contributed by atoms with Crippen molar-refractivity contribution in [1.82, 2.24) is 20.4 Å². The van der Waals surface area contributed by atoms with Gasteiger partial charge in [-0.1, -0.05) is 12.1 Å². The van der Waals surface area contributed by atoms with Crippen LogP contribution in [-0.4, -0.2) is 66.3 Å². The summed E-state index contributed by atoms with van der Waals surface area (Å²) >= 11 is 0. The van der Waals surface area contributed by atoms with E-state index in [1.807, 2.05) is 0 Å². The fourth-order valence-electron chi connectivity index (χ4n) is 4.13. The fourth-order valence-corrected chi connectivity index (χ4v) is 4.13. The number of methoxy groups -OCH3 is 1. The maximum Gasteiger partial charge on any atom is 0.325 e. The molecule has 0 bridgehead atoms. The second-order valence-electron chi connectivity index (χ2n) is 8.61. The zero-order chi connectivity index (χ0) is 22.2. The standard InChI is InChI=1S/C22H28N4O5/c1-22(15-3-7-17(31-2)8-4-15)20(29)26(21(30)24-22)13-18(27)25-11-9-14(10-12-25)19(28)23-16-5-6-16/h3-4,7-8,14,16H,5-6,9-13H2,1-2H3,(H,23,28)(H,24,30). The average Bonchev–Trinajstić information content (AvgIpc) is 3.57. The van der Waals surface area contributed by atoms with E-state index >= 15 is 0 Å². The van der Waals surface area contributed by atoms with Crippen molar-refractivity contribution in [3.8, 4) is 5.75 Å². The number of urea groups is 1. The van der Waals surface area contributed by atoms with E-state index in [0.717, 1.165) is 17.7 Å². The van der Waals surface area contributed by atoms with Gasteiger partial charge in [-0.3, -0.25) is 19.3 Å². The molecule has 3 fully saturated rings. The first-order chi connectivity index (χ1) is 14.8. The first kappa shape index (κ1) is 21.1. The van der Waals surface area contributed by atoms with E-state index in [4.69, 9.17) is 4.74 Å². The lowest BCUT2D eigenvalue weighted by Gasteiger charge is -2.32. The third-order valence-corrected chi connectivity index (χ3v) is 6.38. The second kappa shape index (κ2) is 8.20. The molecule has 9 heteroatoms. The molecule has 3 aliphatic rings. The van der Waals surface area contributed by atoms with Gasteiger partial charge in [0, 0.05) is 25.0 Å². The quantitative estimate of drug-likeness (QED) is 0.657. The van der Waals surface area contributed by atoms with Crippen molar-refractivity contribution in [3.05, 3.63) is 29.8 Å². The van der Waals surface area contributed by atoms with Crippen LogP contribution in [0.3, 0.4) is 0 Å². The van der Waals surface area contributed by atoms with Crippen molar-refractivity contribution >= 4 is 23.8 Å². The van der Waals surface area contributed by atoms with Gasteiger partial charge in [0.05, 0.1) is 7.11 Å². The molecule has 0 radical (unpaired) electrons. The van der Waals surface area contributed by atoms with Crippen LogP contribution in [0.15, 0.2) is 24.3 Å². The number of nitrogens with one attached hydrogen (secondary N) is 2. The minimum Gasteiger partial charge on any atom is -0.497 e. The Morgan fingerprint density at radius 2 is 1.77 bits per heavy atom. The highest BCUT2D eigenvalue weighted by Gasteiger charge is 2.49. The van der Waals surface area contributed by atoms with Gasteiger partial charge in [-0.15, -0.1) is 0 Å². The minimum atomic E-state index is -1.24. The van der Waals surface area contributed by atoms with Crippen LogP contribution in [-0.2, 0) is 19.9 Å². The Bertz CT molecular complexity index is 890. The normalized spacial score (nSPS) is 24.2. The Morgan fingerprint density at radius 3 is 2.35 bits per heavy atom. The Kier molecular flexibility index (Phi) is 5.60. The number of hydrogen-bond acceptors (Lipinski definition) is 5. The molecule has 1 aromatic rings. The Balaban J connectivity index is 1.35. The monoisotopic (exact) mass is 428 g/mol. The van der Waals surface area contributed by atoms with E-state index < -0.39 is 17.5 Å². The summed E-state index contributed by atoms with van der Waals surface area (Å²) in [5.74, 6) is -0.123. The molecule has 1 aromatic carbocycles. The van der Waals surface area contributed by atoms with Gasteiger partial charge in [-0.25, -0.2) is 4.79 Å². The van der Waals surface area contributed by atoms with Crippen LogP contribution in [0, 0.1) is 5.92 Å². The number of carbonyl (C=O) groups is 4. The lowest BCUT2D eigenvalue weighted by molar-refractivity contribution is -0.140. The SMILES string of the molecule is COc1ccc(C2(C)NC(=O)N(CC(=O)N3CCC(C(=O)NC4CC4)CC3)C2=O)cc1. The zero-order valence-corrected chi connectivity index (χ0v) is 17.8. The number of nitrogens with zero attached hydrogens (tertiary/aromatic N) is 2. The van der Waals surface area contributed by atoms with E-state index in [0.29, 0.717) is 43.3 Å². The molecule has 1 unspecified atom stereocenters. The smallest absolute Gasteiger partial charge is 0.325 e. The Labute approximate surface area is 181 Å². The maximum atomic E-state index is 13.0. The molecule has 1 saturated carbocycles. The van der Waals surface area contributed by atoms with Gasteiger partial charge >= 0.3 is 6.03 Å². The molecular formula is C22H28N4O5. The van der Waals surface area contributed by atoms with Gasteiger partial charge in [0.25, 0.3) is 5.91 Å². The number of rotatable bonds is 6. The highest BCUT2D eigenvalue weighted by atomic mass is 16.5. The highest BCUT2D eigenvalue weighted by molar-refractivity contribution is 6.09. The first-order valence-corrected chi connectivity index (χ1v) is 10.7. The van der Waals surface area contributed by atoms with Crippen LogP contribution < -0.4 is 15.4 Å². The second-order valence-corrected chi connectivity index (χ2v) is 8.61. The number of ether oxygens (including phenoxy) is 1. The van der Waals surface area contributed by atoms with E-state index in [1.54, 1.807) is 43.2 Å². The van der Waals surface area contributed by atoms with Crippen molar-refractivity contribution in [2.24, 2.45) is 5.92 Å². The van der Waals surface area contributed by atoms with Crippen molar-refractivity contribution < 1.29 is 23.9 Å². The zero-order valence-electron chi connectivity index (χ0n) is 17.8. The van der Waals surface area contributed by atoms with Gasteiger partial charge < -0.3 is 20.3 Å². The van der Waals surface area contributed by atoms with Crippen LogP contribution in [0.4, 0.5) is 4.79 Å². The van der Waals surface area contributed by atoms with E-state index in [2.05, 4.69) is 10.6 Å². The van der Waals surface area contributed by atoms with Crippen LogP contribution in [0.5, 0.6) is 5.75 Å². The average molecular weight is 428 g/mol. The first-order valence-electron chi connectivity index (χ1n) is 10.7. The Morgan fingerprint density at radius 1 is 1.13 bits per heavy atom. The van der Waals surface area contributed by atoms with Gasteiger partial charge in [0.15, 0.2) is 0 Å². The fraction of sp³-hybridized carbons (Fsp3) is 0.545. The molecule has 1 atom stereocenters. The maximum absolute atomic E-state index is 13.0. The molecule has 2 aliphatic heterocycles. The van der Waals surface area contributed by atoms with Crippen molar-refractivity contribution in [2.75, 3.05) is 26.7 Å². The summed E-state index contributed by atoms with van der Waals surface area (Å²) in [6.07, 6.45) is 3.27. The number of likely N-dealkylation sites (tertiary alicyclic amines) is 1. The number of imide groups is 1. The summed E-state index contributed by atoms with van der Waals surface area (Å²) in [5.41, 5.74) is -0.624. The van der Waals surface area contributed by atoms with Gasteiger partial charge in [0.1, 0.15) is 17.8 Å². The van der Waals surface area contributed by atoms with Crippen LogP contribution in [0.1, 0.15) is 38.2 Å². The predicted octanol–water partition coefficient (Wildman–Crippen LogP) is 0.979. The summed E-state index contributed by atoms with van der Waals surface area (Å²) in [6, 6.07) is 6.62. The molecule has 1 aliphatic carbocycles. The summed E-state index contributed by atoms with van der Waals surface area (Å²) in [4.78, 5) is 53.1. The molecule has 0 aromatic heterocycles. The summed E-state index contributed by atoms with van der Waals surface area (Å²) < 4.78 is 5.14. The van der Waals surface area contributed by atoms with Crippen LogP contribution in [0.25, 0.3) is 0 Å². The number of carbonyl (C=O) groups excluding carboxylic acids is 4. The number of amides is 5. The van der Waals surface area contributed by atoms with E-state index in [9.17, 15) is 19.2 Å². The van der Waals surface area contributed by atoms with E-state index in [1.165, 1.54) is 0 Å². The van der Waals surface area contributed by atoms with Crippen molar-refractivity contribution in [3.63, 3.8) is 0 Å². The van der Waals surface area contributed by atoms with Crippen LogP contribution >= 0.6 is 0 Å².